The quantitative estimate of drug-likeness (QED) is 0.394. The molecule has 110 valence electrons. The number of hydrogen-bond acceptors (Lipinski definition) is 4. The minimum atomic E-state index is -0.417. The lowest BCUT2D eigenvalue weighted by Crippen LogP contribution is -2.37. The number of hydrazone groups is 1. The van der Waals surface area contributed by atoms with Crippen molar-refractivity contribution >= 4 is 34.0 Å². The minimum Gasteiger partial charge on any atom is -0.422 e. The van der Waals surface area contributed by atoms with Gasteiger partial charge in [-0.3, -0.25) is 5.43 Å². The average molecular weight is 303 g/mol. The topological polar surface area (TPSA) is 66.6 Å². The number of thiocarbonyl (C=S) groups is 1. The molecular formula is C15H17N3O2S. The van der Waals surface area contributed by atoms with Crippen LogP contribution in [0.2, 0.25) is 0 Å². The fourth-order valence-electron chi connectivity index (χ4n) is 1.80. The fraction of sp³-hybridized carbons (Fsp3) is 0.267. The molecule has 2 aromatic rings. The van der Waals surface area contributed by atoms with Gasteiger partial charge in [0.2, 0.25) is 0 Å². The summed E-state index contributed by atoms with van der Waals surface area (Å²) in [5.74, 6) is 0. The molecule has 0 atom stereocenters. The molecular weight excluding hydrogens is 286 g/mol. The monoisotopic (exact) mass is 303 g/mol. The van der Waals surface area contributed by atoms with Crippen LogP contribution in [0.1, 0.15) is 26.3 Å². The lowest BCUT2D eigenvalue weighted by molar-refractivity contribution is 0.559. The molecule has 6 heteroatoms. The largest absolute Gasteiger partial charge is 0.422 e. The fourth-order valence-corrected chi connectivity index (χ4v) is 2.08. The van der Waals surface area contributed by atoms with E-state index in [-0.39, 0.29) is 6.04 Å². The van der Waals surface area contributed by atoms with Crippen LogP contribution in [0, 0.1) is 0 Å². The summed E-state index contributed by atoms with van der Waals surface area (Å²) in [6.45, 7) is 5.68. The van der Waals surface area contributed by atoms with Crippen molar-refractivity contribution in [2.24, 2.45) is 5.10 Å². The third-order valence-corrected chi connectivity index (χ3v) is 2.99. The first-order valence-electron chi connectivity index (χ1n) is 6.61. The van der Waals surface area contributed by atoms with Crippen molar-refractivity contribution in [3.63, 3.8) is 0 Å². The number of fused-ring (bicyclic) bond motifs is 1. The van der Waals surface area contributed by atoms with Gasteiger partial charge in [0.15, 0.2) is 5.11 Å². The van der Waals surface area contributed by atoms with Gasteiger partial charge in [0.05, 0.1) is 11.3 Å². The van der Waals surface area contributed by atoms with E-state index in [0.29, 0.717) is 22.0 Å². The van der Waals surface area contributed by atoms with Crippen LogP contribution in [0.15, 0.2) is 44.6 Å². The van der Waals surface area contributed by atoms with Crippen molar-refractivity contribution in [1.82, 2.24) is 10.7 Å². The van der Waals surface area contributed by atoms with E-state index in [1.54, 1.807) is 19.1 Å². The van der Waals surface area contributed by atoms with E-state index in [1.165, 1.54) is 0 Å². The summed E-state index contributed by atoms with van der Waals surface area (Å²) in [4.78, 5) is 12.0. The third kappa shape index (κ3) is 3.88. The Hall–Kier alpha value is -2.21. The summed E-state index contributed by atoms with van der Waals surface area (Å²) >= 11 is 5.08. The van der Waals surface area contributed by atoms with Crippen molar-refractivity contribution in [1.29, 1.82) is 0 Å². The molecule has 0 unspecified atom stereocenters. The van der Waals surface area contributed by atoms with Crippen molar-refractivity contribution in [2.45, 2.75) is 26.8 Å². The Balaban J connectivity index is 2.26. The molecule has 5 nitrogen and oxygen atoms in total. The van der Waals surface area contributed by atoms with E-state index in [1.807, 2.05) is 32.0 Å². The summed E-state index contributed by atoms with van der Waals surface area (Å²) in [7, 11) is 0. The number of nitrogens with one attached hydrogen (secondary N) is 2. The first kappa shape index (κ1) is 15.2. The Bertz CT molecular complexity index is 750. The maximum Gasteiger partial charge on any atom is 0.345 e. The van der Waals surface area contributed by atoms with E-state index in [9.17, 15) is 4.79 Å². The molecule has 1 heterocycles. The molecule has 21 heavy (non-hydrogen) atoms. The molecule has 0 aliphatic heterocycles. The van der Waals surface area contributed by atoms with Crippen LogP contribution in [-0.2, 0) is 0 Å². The predicted octanol–water partition coefficient (Wildman–Crippen LogP) is 2.39. The van der Waals surface area contributed by atoms with Crippen LogP contribution in [0.4, 0.5) is 0 Å². The zero-order chi connectivity index (χ0) is 15.4. The molecule has 0 spiro atoms. The third-order valence-electron chi connectivity index (χ3n) is 2.78. The summed E-state index contributed by atoms with van der Waals surface area (Å²) in [5, 5.41) is 8.39. The molecule has 2 N–H and O–H groups in total. The van der Waals surface area contributed by atoms with Gasteiger partial charge >= 0.3 is 5.63 Å². The van der Waals surface area contributed by atoms with Gasteiger partial charge in [-0.2, -0.15) is 5.10 Å². The van der Waals surface area contributed by atoms with E-state index in [0.717, 1.165) is 5.39 Å². The zero-order valence-electron chi connectivity index (χ0n) is 12.1. The second kappa shape index (κ2) is 6.49. The van der Waals surface area contributed by atoms with E-state index in [2.05, 4.69) is 15.8 Å². The maximum absolute atomic E-state index is 12.0. The summed E-state index contributed by atoms with van der Waals surface area (Å²) in [6.07, 6.45) is 0. The highest BCUT2D eigenvalue weighted by Gasteiger charge is 2.08. The first-order chi connectivity index (χ1) is 9.97. The molecule has 2 rings (SSSR count). The maximum atomic E-state index is 12.0. The van der Waals surface area contributed by atoms with Crippen LogP contribution in [0.25, 0.3) is 11.0 Å². The Morgan fingerprint density at radius 1 is 1.33 bits per heavy atom. The molecule has 1 aromatic carbocycles. The highest BCUT2D eigenvalue weighted by Crippen LogP contribution is 2.12. The molecule has 0 saturated carbocycles. The SMILES string of the molecule is C/C(=N/NC(=S)NC(C)C)c1cc2ccccc2oc1=O. The van der Waals surface area contributed by atoms with Gasteiger partial charge in [-0.1, -0.05) is 18.2 Å². The highest BCUT2D eigenvalue weighted by molar-refractivity contribution is 7.80. The van der Waals surface area contributed by atoms with Gasteiger partial charge < -0.3 is 9.73 Å². The lowest BCUT2D eigenvalue weighted by atomic mass is 10.1. The minimum absolute atomic E-state index is 0.214. The van der Waals surface area contributed by atoms with Crippen molar-refractivity contribution in [3.8, 4) is 0 Å². The number of para-hydroxylation sites is 1. The van der Waals surface area contributed by atoms with Crippen molar-refractivity contribution in [3.05, 3.63) is 46.3 Å². The summed E-state index contributed by atoms with van der Waals surface area (Å²) in [5.41, 5.74) is 3.78. The predicted molar refractivity (Wildman–Crippen MR) is 88.7 cm³/mol. The Kier molecular flexibility index (Phi) is 4.70. The van der Waals surface area contributed by atoms with Crippen LogP contribution < -0.4 is 16.4 Å². The van der Waals surface area contributed by atoms with Crippen LogP contribution >= 0.6 is 12.2 Å². The lowest BCUT2D eigenvalue weighted by Gasteiger charge is -2.10. The highest BCUT2D eigenvalue weighted by atomic mass is 32.1. The van der Waals surface area contributed by atoms with Gasteiger partial charge in [-0.25, -0.2) is 4.79 Å². The number of hydrogen-bond donors (Lipinski definition) is 2. The van der Waals surface area contributed by atoms with Crippen molar-refractivity contribution < 1.29 is 4.42 Å². The molecule has 1 aromatic heterocycles. The standard InChI is InChI=1S/C15H17N3O2S/c1-9(2)16-15(21)18-17-10(3)12-8-11-6-4-5-7-13(11)20-14(12)19/h4-9H,1-3H3,(H2,16,18,21)/b17-10-. The van der Waals surface area contributed by atoms with Gasteiger partial charge in [0.1, 0.15) is 5.58 Å². The number of nitrogens with zero attached hydrogens (tertiary/aromatic N) is 1. The summed E-state index contributed by atoms with van der Waals surface area (Å²) < 4.78 is 5.27. The Labute approximate surface area is 128 Å². The number of benzene rings is 1. The number of rotatable bonds is 3. The average Bonchev–Trinajstić information content (AvgIpc) is 2.43. The normalized spacial score (nSPS) is 11.7. The van der Waals surface area contributed by atoms with E-state index >= 15 is 0 Å². The van der Waals surface area contributed by atoms with E-state index < -0.39 is 5.63 Å². The van der Waals surface area contributed by atoms with Crippen LogP contribution in [-0.4, -0.2) is 16.9 Å². The van der Waals surface area contributed by atoms with Gasteiger partial charge in [-0.15, -0.1) is 0 Å². The van der Waals surface area contributed by atoms with Gasteiger partial charge in [-0.05, 0) is 45.1 Å². The first-order valence-corrected chi connectivity index (χ1v) is 7.02. The van der Waals surface area contributed by atoms with Crippen molar-refractivity contribution in [2.75, 3.05) is 0 Å². The van der Waals surface area contributed by atoms with Gasteiger partial charge in [0.25, 0.3) is 0 Å². The van der Waals surface area contributed by atoms with Crippen LogP contribution in [0.3, 0.4) is 0 Å². The molecule has 0 amide bonds. The molecule has 0 aliphatic carbocycles. The molecule has 0 radical (unpaired) electrons. The van der Waals surface area contributed by atoms with Gasteiger partial charge in [0, 0.05) is 11.4 Å². The van der Waals surface area contributed by atoms with Crippen LogP contribution in [0.5, 0.6) is 0 Å². The second-order valence-electron chi connectivity index (χ2n) is 4.92. The smallest absolute Gasteiger partial charge is 0.345 e. The molecule has 0 fully saturated rings. The Morgan fingerprint density at radius 3 is 2.76 bits per heavy atom. The molecule has 0 saturated heterocycles. The molecule has 0 bridgehead atoms. The summed E-state index contributed by atoms with van der Waals surface area (Å²) in [6, 6.07) is 9.33. The zero-order valence-corrected chi connectivity index (χ0v) is 13.0. The van der Waals surface area contributed by atoms with E-state index in [4.69, 9.17) is 16.6 Å². The Morgan fingerprint density at radius 2 is 2.05 bits per heavy atom. The second-order valence-corrected chi connectivity index (χ2v) is 5.33. The molecule has 0 aliphatic rings.